The Morgan fingerprint density at radius 1 is 0.400 bits per heavy atom. The monoisotopic (exact) mass is 630 g/mol. The van der Waals surface area contributed by atoms with Crippen molar-refractivity contribution in [1.82, 2.24) is 0 Å². The van der Waals surface area contributed by atoms with Crippen molar-refractivity contribution >= 4 is 72.2 Å². The summed E-state index contributed by atoms with van der Waals surface area (Å²) >= 11 is -0.216. The van der Waals surface area contributed by atoms with E-state index in [1.165, 1.54) is 17.6 Å². The van der Waals surface area contributed by atoms with Crippen LogP contribution in [0.3, 0.4) is 0 Å². The molecule has 0 saturated carbocycles. The van der Waals surface area contributed by atoms with E-state index in [-0.39, 0.29) is 47.5 Å². The Morgan fingerprint density at radius 2 is 0.600 bits per heavy atom. The summed E-state index contributed by atoms with van der Waals surface area (Å²) in [6.45, 7) is 15.1. The van der Waals surface area contributed by atoms with Crippen LogP contribution in [0.25, 0.3) is 0 Å². The molecule has 0 N–H and O–H groups in total. The summed E-state index contributed by atoms with van der Waals surface area (Å²) in [5, 5.41) is 0. The zero-order valence-electron chi connectivity index (χ0n) is 22.0. The van der Waals surface area contributed by atoms with Crippen LogP contribution < -0.4 is 17.6 Å². The molecule has 0 atom stereocenters. The fourth-order valence-electron chi connectivity index (χ4n) is 2.92. The Labute approximate surface area is 231 Å². The summed E-state index contributed by atoms with van der Waals surface area (Å²) in [4.78, 5) is 0. The number of rotatable bonds is 6. The second-order valence-corrected chi connectivity index (χ2v) is 37.5. The molecule has 0 amide bonds. The zero-order chi connectivity index (χ0) is 25.5. The number of hydrogen-bond donors (Lipinski definition) is 0. The summed E-state index contributed by atoms with van der Waals surface area (Å²) in [6, 6.07) is 42.9. The molecule has 0 spiro atoms. The second-order valence-electron chi connectivity index (χ2n) is 9.34. The maximum atomic E-state index is 2.57. The fourth-order valence-corrected chi connectivity index (χ4v) is 20.3. The van der Waals surface area contributed by atoms with Gasteiger partial charge in [0.05, 0.1) is 0 Å². The van der Waals surface area contributed by atoms with E-state index in [1.54, 1.807) is 0 Å². The van der Waals surface area contributed by atoms with Gasteiger partial charge in [0.15, 0.2) is 0 Å². The van der Waals surface area contributed by atoms with E-state index in [0.717, 1.165) is 0 Å². The van der Waals surface area contributed by atoms with E-state index in [2.05, 4.69) is 161 Å². The summed E-state index contributed by atoms with van der Waals surface area (Å²) in [6.07, 6.45) is 0. The van der Waals surface area contributed by atoms with E-state index < -0.39 is 7.11 Å². The van der Waals surface area contributed by atoms with Crippen LogP contribution in [0.5, 0.6) is 0 Å². The molecule has 0 unspecified atom stereocenters. The first-order valence-corrected chi connectivity index (χ1v) is 26.3. The first-order valence-electron chi connectivity index (χ1n) is 12.1. The van der Waals surface area contributed by atoms with Crippen LogP contribution in [0.15, 0.2) is 121 Å². The predicted octanol–water partition coefficient (Wildman–Crippen LogP) is 5.04. The Morgan fingerprint density at radius 3 is 0.743 bits per heavy atom. The molecule has 178 valence electrons. The molecule has 6 radical (unpaired) electrons. The van der Waals surface area contributed by atoms with E-state index >= 15 is 0 Å². The van der Waals surface area contributed by atoms with Crippen LogP contribution in [0, 0.1) is 0 Å². The molecule has 4 aromatic carbocycles. The van der Waals surface area contributed by atoms with Gasteiger partial charge in [-0.1, -0.05) is 39.3 Å². The fraction of sp³-hybridized carbons (Fsp3) is 0.200. The Kier molecular flexibility index (Phi) is 14.0. The average molecular weight is 628 g/mol. The molecule has 4 aromatic rings. The van der Waals surface area contributed by atoms with Gasteiger partial charge in [-0.25, -0.2) is 0 Å². The quantitative estimate of drug-likeness (QED) is 0.263. The van der Waals surface area contributed by atoms with Gasteiger partial charge in [-0.3, -0.25) is 0 Å². The van der Waals surface area contributed by atoms with Gasteiger partial charge >= 0.3 is 170 Å². The molecule has 0 aliphatic heterocycles. The van der Waals surface area contributed by atoms with E-state index in [1.807, 2.05) is 0 Å². The van der Waals surface area contributed by atoms with Gasteiger partial charge in [-0.05, 0) is 0 Å². The van der Waals surface area contributed by atoms with Crippen molar-refractivity contribution < 1.29 is 0 Å². The molecule has 0 fully saturated rings. The van der Waals surface area contributed by atoms with Crippen LogP contribution in [0.4, 0.5) is 0 Å². The molecule has 0 saturated heterocycles. The summed E-state index contributed by atoms with van der Waals surface area (Å²) in [5.41, 5.74) is 0. The first kappa shape index (κ1) is 29.8. The third-order valence-corrected chi connectivity index (χ3v) is 40.4. The van der Waals surface area contributed by atoms with Gasteiger partial charge in [-0.15, -0.1) is 0 Å². The Balaban J connectivity index is 0.000000190. The molecule has 0 aromatic heterocycles. The predicted molar refractivity (Wildman–Crippen MR) is 168 cm³/mol. The Bertz CT molecular complexity index is 894. The van der Waals surface area contributed by atoms with Crippen LogP contribution in [0.1, 0.15) is 0 Å². The molecule has 0 heterocycles. The Hall–Kier alpha value is -1.38. The molecule has 4 rings (SSSR count). The first-order chi connectivity index (χ1) is 16.8. The summed E-state index contributed by atoms with van der Waals surface area (Å²) in [7, 11) is -0.507. The van der Waals surface area contributed by atoms with E-state index in [9.17, 15) is 0 Å². The van der Waals surface area contributed by atoms with Gasteiger partial charge in [-0.2, -0.15) is 0 Å². The molecule has 0 bridgehead atoms. The van der Waals surface area contributed by atoms with Crippen molar-refractivity contribution in [2.75, 3.05) is 0 Å². The normalized spacial score (nSPS) is 10.7. The number of hydrogen-bond acceptors (Lipinski definition) is 0. The van der Waals surface area contributed by atoms with Crippen molar-refractivity contribution in [2.24, 2.45) is 0 Å². The van der Waals surface area contributed by atoms with Crippen molar-refractivity contribution in [3.63, 3.8) is 0 Å². The molecule has 0 aliphatic rings. The molecule has 35 heavy (non-hydrogen) atoms. The second kappa shape index (κ2) is 16.4. The molecule has 5 heteroatoms. The zero-order valence-corrected chi connectivity index (χ0v) is 29.2. The van der Waals surface area contributed by atoms with Crippen LogP contribution in [-0.4, -0.2) is 54.6 Å². The van der Waals surface area contributed by atoms with Gasteiger partial charge in [0.1, 0.15) is 0 Å². The number of benzene rings is 4. The average Bonchev–Trinajstić information content (AvgIpc) is 2.87. The van der Waals surface area contributed by atoms with Gasteiger partial charge in [0.25, 0.3) is 0 Å². The standard InChI is InChI=1S/2C12H10Ge.C6H18Si3/c2*1-3-7-11(8-4-1)13-12-9-5-2-6-10-12;1-7(2)9(5,6)8(3)4/h2*1-10H;1-6H3. The van der Waals surface area contributed by atoms with E-state index in [0.29, 0.717) is 0 Å². The third kappa shape index (κ3) is 11.9. The topological polar surface area (TPSA) is 0 Å². The van der Waals surface area contributed by atoms with Gasteiger partial charge in [0.2, 0.25) is 0 Å². The van der Waals surface area contributed by atoms with E-state index in [4.69, 9.17) is 0 Å². The van der Waals surface area contributed by atoms with Crippen LogP contribution in [-0.2, 0) is 0 Å². The minimum atomic E-state index is -0.654. The third-order valence-electron chi connectivity index (χ3n) is 6.17. The minimum absolute atomic E-state index is 0.0738. The molecular formula is C30H38Ge2Si3. The maximum absolute atomic E-state index is 2.57. The van der Waals surface area contributed by atoms with Crippen LogP contribution >= 0.6 is 0 Å². The van der Waals surface area contributed by atoms with Crippen molar-refractivity contribution in [3.05, 3.63) is 121 Å². The molecular weight excluding hydrogens is 590 g/mol. The molecule has 0 aliphatic carbocycles. The van der Waals surface area contributed by atoms with Crippen molar-refractivity contribution in [1.29, 1.82) is 0 Å². The van der Waals surface area contributed by atoms with Crippen molar-refractivity contribution in [3.8, 4) is 0 Å². The van der Waals surface area contributed by atoms with Crippen molar-refractivity contribution in [2.45, 2.75) is 39.3 Å². The van der Waals surface area contributed by atoms with Gasteiger partial charge in [0, 0.05) is 23.7 Å². The summed E-state index contributed by atoms with van der Waals surface area (Å²) < 4.78 is 5.98. The SMILES string of the molecule is C[Si](C)[Si](C)(C)[Si](C)C.c1cc[c]([Ge][c]2ccccc2)cc1.c1cc[c]([Ge][c]2ccccc2)cc1. The van der Waals surface area contributed by atoms with Gasteiger partial charge < -0.3 is 0 Å². The summed E-state index contributed by atoms with van der Waals surface area (Å²) in [5.74, 6) is 0. The van der Waals surface area contributed by atoms with Crippen LogP contribution in [0.2, 0.25) is 39.3 Å². The molecule has 0 nitrogen and oxygen atoms in total.